The van der Waals surface area contributed by atoms with E-state index in [9.17, 15) is 4.79 Å². The Morgan fingerprint density at radius 3 is 2.27 bits per heavy atom. The lowest BCUT2D eigenvalue weighted by Gasteiger charge is -2.05. The number of aliphatic imine (C=N–C) groups is 1. The number of benzene rings is 2. The first-order valence-corrected chi connectivity index (χ1v) is 8.99. The molecule has 1 N–H and O–H groups in total. The van der Waals surface area contributed by atoms with Gasteiger partial charge in [-0.1, -0.05) is 40.9 Å². The molecule has 0 radical (unpaired) electrons. The van der Waals surface area contributed by atoms with E-state index in [2.05, 4.69) is 10.1 Å². The van der Waals surface area contributed by atoms with Gasteiger partial charge in [0.25, 0.3) is 5.56 Å². The van der Waals surface area contributed by atoms with Gasteiger partial charge in [0.15, 0.2) is 0 Å². The summed E-state index contributed by atoms with van der Waals surface area (Å²) in [5.41, 5.74) is 4.34. The molecule has 0 unspecified atom stereocenters. The molecule has 0 bridgehead atoms. The predicted octanol–water partition coefficient (Wildman–Crippen LogP) is 5.80. The topological polar surface area (TPSA) is 50.1 Å². The van der Waals surface area contributed by atoms with Gasteiger partial charge in [0.05, 0.1) is 21.3 Å². The minimum absolute atomic E-state index is 0.198. The zero-order valence-electron chi connectivity index (χ0n) is 14.4. The molecule has 1 heterocycles. The van der Waals surface area contributed by atoms with Crippen molar-refractivity contribution in [3.8, 4) is 5.69 Å². The molecular weight excluding hydrogens is 393 g/mol. The van der Waals surface area contributed by atoms with Gasteiger partial charge in [0, 0.05) is 16.9 Å². The van der Waals surface area contributed by atoms with Crippen LogP contribution in [0.4, 0.5) is 5.69 Å². The van der Waals surface area contributed by atoms with Crippen LogP contribution in [0.2, 0.25) is 15.1 Å². The average molecular weight is 409 g/mol. The molecule has 0 saturated heterocycles. The van der Waals surface area contributed by atoms with Crippen molar-refractivity contribution in [2.75, 3.05) is 0 Å². The minimum Gasteiger partial charge on any atom is -0.295 e. The Morgan fingerprint density at radius 2 is 1.65 bits per heavy atom. The molecule has 0 aliphatic carbocycles. The number of aromatic amines is 1. The first-order chi connectivity index (χ1) is 12.3. The number of hydrogen-bond acceptors (Lipinski definition) is 2. The molecule has 0 atom stereocenters. The molecule has 0 aliphatic heterocycles. The number of rotatable bonds is 3. The molecule has 7 heteroatoms. The summed E-state index contributed by atoms with van der Waals surface area (Å²) in [5.74, 6) is 0. The van der Waals surface area contributed by atoms with Gasteiger partial charge in [-0.25, -0.2) is 4.68 Å². The van der Waals surface area contributed by atoms with Crippen molar-refractivity contribution in [2.45, 2.75) is 20.8 Å². The van der Waals surface area contributed by atoms with Crippen LogP contribution in [0.3, 0.4) is 0 Å². The van der Waals surface area contributed by atoms with Crippen molar-refractivity contribution in [1.29, 1.82) is 0 Å². The van der Waals surface area contributed by atoms with Gasteiger partial charge in [0.1, 0.15) is 5.69 Å². The molecule has 0 spiro atoms. The number of nitrogens with zero attached hydrogens (tertiary/aromatic N) is 2. The van der Waals surface area contributed by atoms with Gasteiger partial charge < -0.3 is 0 Å². The second-order valence-corrected chi connectivity index (χ2v) is 7.29. The Balaban J connectivity index is 2.04. The molecule has 3 aromatic rings. The molecule has 2 aromatic carbocycles. The highest BCUT2D eigenvalue weighted by atomic mass is 35.5. The van der Waals surface area contributed by atoms with Crippen LogP contribution >= 0.6 is 34.8 Å². The summed E-state index contributed by atoms with van der Waals surface area (Å²) in [7, 11) is 0. The van der Waals surface area contributed by atoms with Gasteiger partial charge in [-0.05, 0) is 56.2 Å². The van der Waals surface area contributed by atoms with Gasteiger partial charge in [-0.3, -0.25) is 14.9 Å². The molecule has 4 nitrogen and oxygen atoms in total. The van der Waals surface area contributed by atoms with Crippen LogP contribution < -0.4 is 5.56 Å². The molecule has 1 aromatic heterocycles. The van der Waals surface area contributed by atoms with Crippen LogP contribution in [0.5, 0.6) is 0 Å². The summed E-state index contributed by atoms with van der Waals surface area (Å²) in [4.78, 5) is 17.1. The Hall–Kier alpha value is -2.01. The highest BCUT2D eigenvalue weighted by Crippen LogP contribution is 2.35. The lowest BCUT2D eigenvalue weighted by molar-refractivity contribution is 0.833. The van der Waals surface area contributed by atoms with E-state index in [1.807, 2.05) is 39.0 Å². The van der Waals surface area contributed by atoms with E-state index in [0.717, 1.165) is 11.3 Å². The van der Waals surface area contributed by atoms with Gasteiger partial charge >= 0.3 is 0 Å². The van der Waals surface area contributed by atoms with Crippen LogP contribution in [-0.4, -0.2) is 16.0 Å². The quantitative estimate of drug-likeness (QED) is 0.547. The Kier molecular flexibility index (Phi) is 5.28. The summed E-state index contributed by atoms with van der Waals surface area (Å²) in [5, 5.41) is 4.14. The summed E-state index contributed by atoms with van der Waals surface area (Å²) in [6.45, 7) is 5.84. The number of halogens is 3. The summed E-state index contributed by atoms with van der Waals surface area (Å²) in [6, 6.07) is 8.94. The fraction of sp³-hybridized carbons (Fsp3) is 0.158. The maximum absolute atomic E-state index is 12.8. The van der Waals surface area contributed by atoms with Crippen LogP contribution in [0.25, 0.3) is 5.69 Å². The van der Waals surface area contributed by atoms with E-state index in [0.29, 0.717) is 32.0 Å². The second kappa shape index (κ2) is 7.31. The maximum Gasteiger partial charge on any atom is 0.280 e. The van der Waals surface area contributed by atoms with Crippen molar-refractivity contribution in [2.24, 2.45) is 4.99 Å². The predicted molar refractivity (Wildman–Crippen MR) is 109 cm³/mol. The molecule has 0 saturated carbocycles. The molecule has 0 aliphatic rings. The van der Waals surface area contributed by atoms with Crippen molar-refractivity contribution in [1.82, 2.24) is 9.78 Å². The third kappa shape index (κ3) is 3.58. The van der Waals surface area contributed by atoms with Crippen molar-refractivity contribution < 1.29 is 0 Å². The molecular formula is C19H16Cl3N3O. The molecule has 26 heavy (non-hydrogen) atoms. The van der Waals surface area contributed by atoms with E-state index in [1.54, 1.807) is 12.1 Å². The zero-order valence-corrected chi connectivity index (χ0v) is 16.7. The number of aryl methyl sites for hydroxylation is 3. The van der Waals surface area contributed by atoms with Crippen LogP contribution in [0.15, 0.2) is 40.1 Å². The Labute approximate surface area is 166 Å². The van der Waals surface area contributed by atoms with Crippen molar-refractivity contribution in [3.05, 3.63) is 78.1 Å². The van der Waals surface area contributed by atoms with E-state index < -0.39 is 0 Å². The second-order valence-electron chi connectivity index (χ2n) is 6.04. The largest absolute Gasteiger partial charge is 0.295 e. The van der Waals surface area contributed by atoms with E-state index in [1.165, 1.54) is 16.5 Å². The number of nitrogens with one attached hydrogen (secondary N) is 1. The van der Waals surface area contributed by atoms with Gasteiger partial charge in [-0.15, -0.1) is 0 Å². The highest BCUT2D eigenvalue weighted by Gasteiger charge is 2.12. The third-order valence-electron chi connectivity index (χ3n) is 4.17. The fourth-order valence-corrected chi connectivity index (χ4v) is 3.46. The van der Waals surface area contributed by atoms with Crippen molar-refractivity contribution >= 4 is 46.7 Å². The van der Waals surface area contributed by atoms with E-state index >= 15 is 0 Å². The standard InChI is InChI=1S/C19H16Cl3N3O/c1-10-4-5-14(6-11(10)2)25-19(26)15(12(3)24-25)9-23-18-16(21)7-13(20)8-17(18)22/h4-9,24H,1-3H3. The summed E-state index contributed by atoms with van der Waals surface area (Å²) >= 11 is 18.2. The first kappa shape index (κ1) is 18.8. The SMILES string of the molecule is Cc1ccc(-n2[nH]c(C)c(C=Nc3c(Cl)cc(Cl)cc3Cl)c2=O)cc1C. The number of H-pyrrole nitrogens is 1. The fourth-order valence-electron chi connectivity index (χ4n) is 2.55. The maximum atomic E-state index is 12.8. The zero-order chi connectivity index (χ0) is 19.0. The Bertz CT molecular complexity index is 1060. The van der Waals surface area contributed by atoms with Crippen molar-refractivity contribution in [3.63, 3.8) is 0 Å². The summed E-state index contributed by atoms with van der Waals surface area (Å²) < 4.78 is 1.49. The number of aromatic nitrogens is 2. The van der Waals surface area contributed by atoms with Crippen LogP contribution in [-0.2, 0) is 0 Å². The normalized spacial score (nSPS) is 11.5. The van der Waals surface area contributed by atoms with Crippen LogP contribution in [0.1, 0.15) is 22.4 Å². The summed E-state index contributed by atoms with van der Waals surface area (Å²) in [6.07, 6.45) is 1.46. The number of hydrogen-bond donors (Lipinski definition) is 1. The lowest BCUT2D eigenvalue weighted by atomic mass is 10.1. The van der Waals surface area contributed by atoms with Gasteiger partial charge in [-0.2, -0.15) is 0 Å². The minimum atomic E-state index is -0.198. The molecule has 0 fully saturated rings. The van der Waals surface area contributed by atoms with E-state index in [4.69, 9.17) is 34.8 Å². The molecule has 134 valence electrons. The van der Waals surface area contributed by atoms with Gasteiger partial charge in [0.2, 0.25) is 0 Å². The molecule has 3 rings (SSSR count). The van der Waals surface area contributed by atoms with Crippen LogP contribution in [0, 0.1) is 20.8 Å². The molecule has 0 amide bonds. The third-order valence-corrected chi connectivity index (χ3v) is 4.96. The average Bonchev–Trinajstić information content (AvgIpc) is 2.84. The first-order valence-electron chi connectivity index (χ1n) is 7.86. The van der Waals surface area contributed by atoms with E-state index in [-0.39, 0.29) is 5.56 Å². The Morgan fingerprint density at radius 1 is 1.00 bits per heavy atom. The lowest BCUT2D eigenvalue weighted by Crippen LogP contribution is -2.17. The smallest absolute Gasteiger partial charge is 0.280 e. The monoisotopic (exact) mass is 407 g/mol. The highest BCUT2D eigenvalue weighted by molar-refractivity contribution is 6.41.